The van der Waals surface area contributed by atoms with Gasteiger partial charge in [0.1, 0.15) is 6.29 Å². The smallest absolute Gasteiger partial charge is 0.127 e. The maximum Gasteiger partial charge on any atom is 0.127 e. The summed E-state index contributed by atoms with van der Waals surface area (Å²) in [6.07, 6.45) is 4.37. The summed E-state index contributed by atoms with van der Waals surface area (Å²) in [4.78, 5) is 11.5. The van der Waals surface area contributed by atoms with Gasteiger partial charge in [-0.3, -0.25) is 0 Å². The monoisotopic (exact) mass is 269 g/mol. The molecule has 0 aliphatic heterocycles. The molecular weight excluding hydrogens is 246 g/mol. The normalized spacial score (nSPS) is 22.4. The fraction of sp³-hybridized carbons (Fsp3) is 0.556. The number of benzene rings is 1. The minimum absolute atomic E-state index is 0.0205. The molecule has 0 bridgehead atoms. The van der Waals surface area contributed by atoms with E-state index in [4.69, 9.17) is 5.26 Å². The van der Waals surface area contributed by atoms with Crippen LogP contribution in [-0.4, -0.2) is 6.29 Å². The van der Waals surface area contributed by atoms with Crippen molar-refractivity contribution in [2.45, 2.75) is 46.0 Å². The molecule has 1 aliphatic carbocycles. The Morgan fingerprint density at radius 3 is 2.75 bits per heavy atom. The van der Waals surface area contributed by atoms with Crippen molar-refractivity contribution in [2.75, 3.05) is 0 Å². The molecule has 1 aromatic rings. The van der Waals surface area contributed by atoms with Gasteiger partial charge in [-0.05, 0) is 60.3 Å². The first-order valence-corrected chi connectivity index (χ1v) is 7.53. The number of fused-ring (bicyclic) bond motifs is 1. The Kier molecular flexibility index (Phi) is 4.60. The first-order chi connectivity index (χ1) is 9.55. The van der Waals surface area contributed by atoms with Crippen LogP contribution in [-0.2, 0) is 11.2 Å². The second-order valence-electron chi connectivity index (χ2n) is 6.62. The predicted octanol–water partition coefficient (Wildman–Crippen LogP) is 4.09. The van der Waals surface area contributed by atoms with Gasteiger partial charge in [-0.2, -0.15) is 5.26 Å². The third-order valence-corrected chi connectivity index (χ3v) is 4.35. The van der Waals surface area contributed by atoms with Gasteiger partial charge in [0.2, 0.25) is 0 Å². The lowest BCUT2D eigenvalue weighted by Crippen LogP contribution is -2.14. The zero-order chi connectivity index (χ0) is 14.7. The molecule has 20 heavy (non-hydrogen) atoms. The van der Waals surface area contributed by atoms with Crippen LogP contribution in [0.25, 0.3) is 0 Å². The lowest BCUT2D eigenvalue weighted by atomic mass is 9.83. The third-order valence-electron chi connectivity index (χ3n) is 4.35. The molecule has 0 spiro atoms. The van der Waals surface area contributed by atoms with Crippen molar-refractivity contribution in [3.63, 3.8) is 0 Å². The van der Waals surface area contributed by atoms with E-state index in [2.05, 4.69) is 26.8 Å². The Morgan fingerprint density at radius 2 is 2.15 bits per heavy atom. The number of nitrogens with zero attached hydrogens (tertiary/aromatic N) is 1. The van der Waals surface area contributed by atoms with Gasteiger partial charge in [0.05, 0.1) is 11.6 Å². The minimum Gasteiger partial charge on any atom is -0.303 e. The van der Waals surface area contributed by atoms with Crippen molar-refractivity contribution in [1.82, 2.24) is 0 Å². The number of nitriles is 1. The summed E-state index contributed by atoms with van der Waals surface area (Å²) in [5.41, 5.74) is 3.00. The van der Waals surface area contributed by atoms with E-state index in [0.29, 0.717) is 23.3 Å². The molecule has 2 heteroatoms. The maximum atomic E-state index is 11.5. The largest absolute Gasteiger partial charge is 0.303 e. The van der Waals surface area contributed by atoms with Crippen LogP contribution < -0.4 is 0 Å². The average Bonchev–Trinajstić information content (AvgIpc) is 2.73. The van der Waals surface area contributed by atoms with E-state index in [0.717, 1.165) is 24.7 Å². The number of carbonyl (C=O) groups excluding carboxylic acids is 1. The lowest BCUT2D eigenvalue weighted by Gasteiger charge is -2.21. The van der Waals surface area contributed by atoms with Gasteiger partial charge in [0.25, 0.3) is 0 Å². The molecule has 0 saturated heterocycles. The molecule has 2 rings (SSSR count). The van der Waals surface area contributed by atoms with E-state index in [1.165, 1.54) is 12.0 Å². The van der Waals surface area contributed by atoms with E-state index < -0.39 is 0 Å². The van der Waals surface area contributed by atoms with Crippen LogP contribution >= 0.6 is 0 Å². The third kappa shape index (κ3) is 3.10. The van der Waals surface area contributed by atoms with Gasteiger partial charge in [-0.15, -0.1) is 0 Å². The SMILES string of the molecule is CC(C)CC(C)CC1Cc2ccc(C#N)cc2C1C=O. The Labute approximate surface area is 121 Å². The highest BCUT2D eigenvalue weighted by atomic mass is 16.1. The Bertz CT molecular complexity index is 527. The number of hydrogen-bond acceptors (Lipinski definition) is 2. The van der Waals surface area contributed by atoms with E-state index >= 15 is 0 Å². The molecule has 0 aromatic heterocycles. The summed E-state index contributed by atoms with van der Waals surface area (Å²) in [7, 11) is 0. The predicted molar refractivity (Wildman–Crippen MR) is 80.4 cm³/mol. The first-order valence-electron chi connectivity index (χ1n) is 7.53. The van der Waals surface area contributed by atoms with Crippen molar-refractivity contribution < 1.29 is 4.79 Å². The quantitative estimate of drug-likeness (QED) is 0.755. The number of rotatable bonds is 5. The molecule has 3 unspecified atom stereocenters. The van der Waals surface area contributed by atoms with Crippen LogP contribution in [0.3, 0.4) is 0 Å². The number of aldehydes is 1. The van der Waals surface area contributed by atoms with Crippen LogP contribution in [0.15, 0.2) is 18.2 Å². The van der Waals surface area contributed by atoms with Gasteiger partial charge in [0, 0.05) is 5.92 Å². The molecule has 1 aliphatic rings. The zero-order valence-electron chi connectivity index (χ0n) is 12.6. The average molecular weight is 269 g/mol. The standard InChI is InChI=1S/C18H23NO/c1-12(2)6-13(3)7-16-9-15-5-4-14(10-19)8-17(15)18(16)11-20/h4-5,8,11-13,16,18H,6-7,9H2,1-3H3. The van der Waals surface area contributed by atoms with E-state index in [1.807, 2.05) is 18.2 Å². The van der Waals surface area contributed by atoms with Crippen LogP contribution in [0.1, 0.15) is 56.2 Å². The molecule has 1 aromatic carbocycles. The van der Waals surface area contributed by atoms with E-state index in [9.17, 15) is 4.79 Å². The molecule has 0 radical (unpaired) electrons. The summed E-state index contributed by atoms with van der Waals surface area (Å²) < 4.78 is 0. The topological polar surface area (TPSA) is 40.9 Å². The highest BCUT2D eigenvalue weighted by Crippen LogP contribution is 2.41. The summed E-state index contributed by atoms with van der Waals surface area (Å²) in [6, 6.07) is 7.96. The van der Waals surface area contributed by atoms with Crippen molar-refractivity contribution in [3.8, 4) is 6.07 Å². The molecule has 0 N–H and O–H groups in total. The van der Waals surface area contributed by atoms with Gasteiger partial charge < -0.3 is 4.79 Å². The highest BCUT2D eigenvalue weighted by molar-refractivity contribution is 5.67. The minimum atomic E-state index is -0.0205. The fourth-order valence-corrected chi connectivity index (χ4v) is 3.66. The van der Waals surface area contributed by atoms with E-state index in [-0.39, 0.29) is 5.92 Å². The Balaban J connectivity index is 2.15. The Hall–Kier alpha value is -1.62. The van der Waals surface area contributed by atoms with Crippen molar-refractivity contribution in [3.05, 3.63) is 34.9 Å². The summed E-state index contributed by atoms with van der Waals surface area (Å²) in [5.74, 6) is 1.74. The summed E-state index contributed by atoms with van der Waals surface area (Å²) in [5, 5.41) is 9.00. The second kappa shape index (κ2) is 6.22. The first kappa shape index (κ1) is 14.8. The Morgan fingerprint density at radius 1 is 1.40 bits per heavy atom. The fourth-order valence-electron chi connectivity index (χ4n) is 3.66. The second-order valence-corrected chi connectivity index (χ2v) is 6.62. The molecule has 2 nitrogen and oxygen atoms in total. The van der Waals surface area contributed by atoms with Crippen molar-refractivity contribution in [1.29, 1.82) is 5.26 Å². The van der Waals surface area contributed by atoms with E-state index in [1.54, 1.807) is 0 Å². The molecule has 106 valence electrons. The summed E-state index contributed by atoms with van der Waals surface area (Å²) in [6.45, 7) is 6.78. The van der Waals surface area contributed by atoms with Gasteiger partial charge in [-0.25, -0.2) is 0 Å². The van der Waals surface area contributed by atoms with Crippen molar-refractivity contribution in [2.24, 2.45) is 17.8 Å². The van der Waals surface area contributed by atoms with Gasteiger partial charge in [-0.1, -0.05) is 26.8 Å². The molecule has 0 amide bonds. The zero-order valence-corrected chi connectivity index (χ0v) is 12.6. The van der Waals surface area contributed by atoms with Gasteiger partial charge in [0.15, 0.2) is 0 Å². The van der Waals surface area contributed by atoms with Crippen LogP contribution in [0.2, 0.25) is 0 Å². The molecular formula is C18H23NO. The molecule has 0 fully saturated rings. The lowest BCUT2D eigenvalue weighted by molar-refractivity contribution is -0.110. The summed E-state index contributed by atoms with van der Waals surface area (Å²) >= 11 is 0. The van der Waals surface area contributed by atoms with Crippen LogP contribution in [0, 0.1) is 29.1 Å². The molecule has 0 saturated carbocycles. The maximum absolute atomic E-state index is 11.5. The van der Waals surface area contributed by atoms with Gasteiger partial charge >= 0.3 is 0 Å². The highest BCUT2D eigenvalue weighted by Gasteiger charge is 2.33. The number of carbonyl (C=O) groups is 1. The molecule has 3 atom stereocenters. The number of hydrogen-bond donors (Lipinski definition) is 0. The molecule has 0 heterocycles. The van der Waals surface area contributed by atoms with Crippen LogP contribution in [0.5, 0.6) is 0 Å². The van der Waals surface area contributed by atoms with Crippen molar-refractivity contribution >= 4 is 6.29 Å². The van der Waals surface area contributed by atoms with Crippen LogP contribution in [0.4, 0.5) is 0 Å².